The van der Waals surface area contributed by atoms with Crippen LogP contribution < -0.4 is 0 Å². The predicted octanol–water partition coefficient (Wildman–Crippen LogP) is 4.03. The van der Waals surface area contributed by atoms with Gasteiger partial charge >= 0.3 is 0 Å². The Balaban J connectivity index is 2.64. The van der Waals surface area contributed by atoms with Crippen molar-refractivity contribution < 1.29 is 0 Å². The SMILES string of the molecule is Cc1cc(C)cc(-c2nc(C)c(C)nc2Cl)c1. The number of aromatic nitrogens is 2. The van der Waals surface area contributed by atoms with E-state index < -0.39 is 0 Å². The van der Waals surface area contributed by atoms with E-state index in [2.05, 4.69) is 42.0 Å². The molecule has 2 aromatic rings. The van der Waals surface area contributed by atoms with Gasteiger partial charge in [0.15, 0.2) is 5.15 Å². The summed E-state index contributed by atoms with van der Waals surface area (Å²) in [6.45, 7) is 8.00. The molecule has 0 fully saturated rings. The molecule has 0 aliphatic carbocycles. The first-order valence-corrected chi connectivity index (χ1v) is 5.94. The summed E-state index contributed by atoms with van der Waals surface area (Å²) in [6, 6.07) is 6.29. The molecule has 17 heavy (non-hydrogen) atoms. The van der Waals surface area contributed by atoms with Crippen LogP contribution in [0.15, 0.2) is 18.2 Å². The lowest BCUT2D eigenvalue weighted by molar-refractivity contribution is 1.05. The molecule has 2 rings (SSSR count). The van der Waals surface area contributed by atoms with Crippen LogP contribution in [-0.2, 0) is 0 Å². The summed E-state index contributed by atoms with van der Waals surface area (Å²) < 4.78 is 0. The second-order valence-corrected chi connectivity index (χ2v) is 4.77. The maximum atomic E-state index is 6.17. The number of aryl methyl sites for hydroxylation is 4. The molecule has 1 aromatic carbocycles. The fourth-order valence-electron chi connectivity index (χ4n) is 1.87. The number of hydrogen-bond acceptors (Lipinski definition) is 2. The van der Waals surface area contributed by atoms with Gasteiger partial charge in [-0.05, 0) is 39.8 Å². The molecular formula is C14H15ClN2. The Bertz CT molecular complexity index is 556. The van der Waals surface area contributed by atoms with Crippen molar-refractivity contribution >= 4 is 11.6 Å². The Kier molecular flexibility index (Phi) is 3.16. The van der Waals surface area contributed by atoms with Crippen LogP contribution >= 0.6 is 11.6 Å². The number of halogens is 1. The molecular weight excluding hydrogens is 232 g/mol. The highest BCUT2D eigenvalue weighted by Crippen LogP contribution is 2.26. The van der Waals surface area contributed by atoms with Crippen molar-refractivity contribution in [2.75, 3.05) is 0 Å². The van der Waals surface area contributed by atoms with Gasteiger partial charge in [0.05, 0.1) is 11.4 Å². The minimum Gasteiger partial charge on any atom is -0.248 e. The Morgan fingerprint density at radius 3 is 1.94 bits per heavy atom. The first-order valence-electron chi connectivity index (χ1n) is 5.57. The maximum Gasteiger partial charge on any atom is 0.155 e. The van der Waals surface area contributed by atoms with Crippen molar-refractivity contribution in [1.82, 2.24) is 9.97 Å². The highest BCUT2D eigenvalue weighted by molar-refractivity contribution is 6.31. The third kappa shape index (κ3) is 2.47. The summed E-state index contributed by atoms with van der Waals surface area (Å²) in [5, 5.41) is 0.470. The quantitative estimate of drug-likeness (QED) is 0.759. The fraction of sp³-hybridized carbons (Fsp3) is 0.286. The molecule has 1 heterocycles. The standard InChI is InChI=1S/C14H15ClN2/c1-8-5-9(2)7-12(6-8)13-14(15)17-11(4)10(3)16-13/h5-7H,1-4H3. The lowest BCUT2D eigenvalue weighted by Gasteiger charge is -2.08. The zero-order valence-electron chi connectivity index (χ0n) is 10.5. The Morgan fingerprint density at radius 2 is 1.35 bits per heavy atom. The molecule has 0 amide bonds. The van der Waals surface area contributed by atoms with Crippen molar-refractivity contribution in [3.8, 4) is 11.3 Å². The van der Waals surface area contributed by atoms with E-state index in [4.69, 9.17) is 11.6 Å². The molecule has 0 N–H and O–H groups in total. The monoisotopic (exact) mass is 246 g/mol. The number of hydrogen-bond donors (Lipinski definition) is 0. The number of benzene rings is 1. The van der Waals surface area contributed by atoms with Crippen molar-refractivity contribution in [3.63, 3.8) is 0 Å². The normalized spacial score (nSPS) is 10.6. The lowest BCUT2D eigenvalue weighted by atomic mass is 10.1. The van der Waals surface area contributed by atoms with E-state index in [0.717, 1.165) is 22.6 Å². The molecule has 0 radical (unpaired) electrons. The largest absolute Gasteiger partial charge is 0.248 e. The van der Waals surface area contributed by atoms with Gasteiger partial charge in [-0.3, -0.25) is 0 Å². The van der Waals surface area contributed by atoms with E-state index in [1.807, 2.05) is 13.8 Å². The minimum atomic E-state index is 0.470. The van der Waals surface area contributed by atoms with Gasteiger partial charge in [0.1, 0.15) is 5.69 Å². The van der Waals surface area contributed by atoms with Crippen LogP contribution in [0.1, 0.15) is 22.5 Å². The van der Waals surface area contributed by atoms with E-state index in [9.17, 15) is 0 Å². The third-order valence-electron chi connectivity index (χ3n) is 2.76. The van der Waals surface area contributed by atoms with Crippen molar-refractivity contribution in [2.45, 2.75) is 27.7 Å². The van der Waals surface area contributed by atoms with Crippen LogP contribution in [0.25, 0.3) is 11.3 Å². The zero-order chi connectivity index (χ0) is 12.6. The van der Waals surface area contributed by atoms with E-state index in [-0.39, 0.29) is 0 Å². The van der Waals surface area contributed by atoms with Gasteiger partial charge in [0.25, 0.3) is 0 Å². The zero-order valence-corrected chi connectivity index (χ0v) is 11.3. The minimum absolute atomic E-state index is 0.470. The molecule has 0 bridgehead atoms. The number of rotatable bonds is 1. The van der Waals surface area contributed by atoms with E-state index >= 15 is 0 Å². The van der Waals surface area contributed by atoms with Gasteiger partial charge in [0.2, 0.25) is 0 Å². The van der Waals surface area contributed by atoms with Gasteiger partial charge in [-0.1, -0.05) is 28.8 Å². The smallest absolute Gasteiger partial charge is 0.155 e. The average molecular weight is 247 g/mol. The topological polar surface area (TPSA) is 25.8 Å². The van der Waals surface area contributed by atoms with Crippen LogP contribution in [-0.4, -0.2) is 9.97 Å². The van der Waals surface area contributed by atoms with Gasteiger partial charge in [-0.25, -0.2) is 9.97 Å². The summed E-state index contributed by atoms with van der Waals surface area (Å²) in [7, 11) is 0. The van der Waals surface area contributed by atoms with E-state index in [0.29, 0.717) is 5.15 Å². The molecule has 0 aliphatic heterocycles. The summed E-state index contributed by atoms with van der Waals surface area (Å²) in [6.07, 6.45) is 0. The number of nitrogens with zero attached hydrogens (tertiary/aromatic N) is 2. The van der Waals surface area contributed by atoms with Crippen molar-refractivity contribution in [2.24, 2.45) is 0 Å². The molecule has 3 heteroatoms. The Labute approximate surface area is 107 Å². The third-order valence-corrected chi connectivity index (χ3v) is 3.02. The molecule has 0 saturated carbocycles. The van der Waals surface area contributed by atoms with E-state index in [1.54, 1.807) is 0 Å². The Hall–Kier alpha value is -1.41. The van der Waals surface area contributed by atoms with Crippen molar-refractivity contribution in [1.29, 1.82) is 0 Å². The Morgan fingerprint density at radius 1 is 0.824 bits per heavy atom. The second-order valence-electron chi connectivity index (χ2n) is 4.41. The first kappa shape index (κ1) is 12.1. The molecule has 88 valence electrons. The van der Waals surface area contributed by atoms with Gasteiger partial charge in [-0.15, -0.1) is 0 Å². The predicted molar refractivity (Wildman–Crippen MR) is 71.4 cm³/mol. The average Bonchev–Trinajstić information content (AvgIpc) is 2.22. The second kappa shape index (κ2) is 4.46. The summed E-state index contributed by atoms with van der Waals surface area (Å²) >= 11 is 6.17. The highest BCUT2D eigenvalue weighted by Gasteiger charge is 2.10. The fourth-order valence-corrected chi connectivity index (χ4v) is 2.15. The van der Waals surface area contributed by atoms with Crippen molar-refractivity contribution in [3.05, 3.63) is 45.9 Å². The molecule has 0 unspecified atom stereocenters. The lowest BCUT2D eigenvalue weighted by Crippen LogP contribution is -1.97. The molecule has 0 saturated heterocycles. The molecule has 2 nitrogen and oxygen atoms in total. The molecule has 0 aliphatic rings. The van der Waals surface area contributed by atoms with Crippen LogP contribution in [0, 0.1) is 27.7 Å². The van der Waals surface area contributed by atoms with Crippen LogP contribution in [0.2, 0.25) is 5.15 Å². The summed E-state index contributed by atoms with van der Waals surface area (Å²) in [4.78, 5) is 8.84. The van der Waals surface area contributed by atoms with Gasteiger partial charge in [0, 0.05) is 5.56 Å². The van der Waals surface area contributed by atoms with E-state index in [1.165, 1.54) is 11.1 Å². The summed E-state index contributed by atoms with van der Waals surface area (Å²) in [5.74, 6) is 0. The van der Waals surface area contributed by atoms with Gasteiger partial charge in [-0.2, -0.15) is 0 Å². The van der Waals surface area contributed by atoms with Crippen LogP contribution in [0.4, 0.5) is 0 Å². The van der Waals surface area contributed by atoms with Crippen LogP contribution in [0.3, 0.4) is 0 Å². The summed E-state index contributed by atoms with van der Waals surface area (Å²) in [5.41, 5.74) is 6.00. The van der Waals surface area contributed by atoms with Gasteiger partial charge < -0.3 is 0 Å². The maximum absolute atomic E-state index is 6.17. The molecule has 0 spiro atoms. The first-order chi connectivity index (χ1) is 7.97. The molecule has 0 atom stereocenters. The van der Waals surface area contributed by atoms with Crippen LogP contribution in [0.5, 0.6) is 0 Å². The molecule has 1 aromatic heterocycles. The highest BCUT2D eigenvalue weighted by atomic mass is 35.5.